The van der Waals surface area contributed by atoms with Crippen molar-refractivity contribution in [3.05, 3.63) is 46.3 Å². The second kappa shape index (κ2) is 5.72. The molecule has 3 nitrogen and oxygen atoms in total. The molecule has 2 aromatic rings. The normalized spacial score (nSPS) is 10.8. The van der Waals surface area contributed by atoms with Gasteiger partial charge in [-0.15, -0.1) is 0 Å². The van der Waals surface area contributed by atoms with Crippen LogP contribution in [0.1, 0.15) is 28.1 Å². The lowest BCUT2D eigenvalue weighted by atomic mass is 10.1. The topological polar surface area (TPSA) is 51.8 Å². The SMILES string of the molecule is Cc1cc(CN)ccc1Sc1nc(C)c(C)c(C)n1. The van der Waals surface area contributed by atoms with Crippen LogP contribution in [-0.4, -0.2) is 9.97 Å². The van der Waals surface area contributed by atoms with Gasteiger partial charge in [-0.1, -0.05) is 12.1 Å². The molecular formula is C15H19N3S. The minimum atomic E-state index is 0.574. The second-order valence-electron chi connectivity index (χ2n) is 4.71. The van der Waals surface area contributed by atoms with Gasteiger partial charge in [0.15, 0.2) is 5.16 Å². The van der Waals surface area contributed by atoms with E-state index in [0.717, 1.165) is 22.1 Å². The number of aryl methyl sites for hydroxylation is 3. The lowest BCUT2D eigenvalue weighted by Gasteiger charge is -2.09. The zero-order valence-corrected chi connectivity index (χ0v) is 12.6. The molecule has 4 heteroatoms. The van der Waals surface area contributed by atoms with Gasteiger partial charge in [-0.05, 0) is 62.2 Å². The number of benzene rings is 1. The molecule has 0 aliphatic rings. The van der Waals surface area contributed by atoms with Gasteiger partial charge in [0.2, 0.25) is 0 Å². The van der Waals surface area contributed by atoms with Crippen LogP contribution < -0.4 is 5.73 Å². The van der Waals surface area contributed by atoms with Gasteiger partial charge in [0.25, 0.3) is 0 Å². The van der Waals surface area contributed by atoms with E-state index in [-0.39, 0.29) is 0 Å². The van der Waals surface area contributed by atoms with E-state index in [1.54, 1.807) is 11.8 Å². The highest BCUT2D eigenvalue weighted by atomic mass is 32.2. The molecule has 0 bridgehead atoms. The molecule has 0 spiro atoms. The van der Waals surface area contributed by atoms with Crippen molar-refractivity contribution >= 4 is 11.8 Å². The Balaban J connectivity index is 2.31. The maximum atomic E-state index is 5.65. The van der Waals surface area contributed by atoms with E-state index < -0.39 is 0 Å². The molecule has 0 amide bonds. The number of nitrogens with two attached hydrogens (primary N) is 1. The van der Waals surface area contributed by atoms with Crippen LogP contribution in [0.3, 0.4) is 0 Å². The Morgan fingerprint density at radius 2 is 1.68 bits per heavy atom. The average Bonchev–Trinajstić information content (AvgIpc) is 2.38. The summed E-state index contributed by atoms with van der Waals surface area (Å²) in [7, 11) is 0. The molecule has 1 aromatic carbocycles. The molecule has 0 atom stereocenters. The molecule has 0 unspecified atom stereocenters. The highest BCUT2D eigenvalue weighted by Gasteiger charge is 2.08. The van der Waals surface area contributed by atoms with Crippen molar-refractivity contribution in [2.24, 2.45) is 5.73 Å². The summed E-state index contributed by atoms with van der Waals surface area (Å²) >= 11 is 1.61. The second-order valence-corrected chi connectivity index (χ2v) is 5.72. The van der Waals surface area contributed by atoms with Crippen LogP contribution in [0.2, 0.25) is 0 Å². The Kier molecular flexibility index (Phi) is 4.22. The largest absolute Gasteiger partial charge is 0.326 e. The Labute approximate surface area is 118 Å². The van der Waals surface area contributed by atoms with E-state index in [2.05, 4.69) is 42.0 Å². The van der Waals surface area contributed by atoms with Crippen LogP contribution in [-0.2, 0) is 6.54 Å². The smallest absolute Gasteiger partial charge is 0.192 e. The number of hydrogen-bond donors (Lipinski definition) is 1. The third-order valence-corrected chi connectivity index (χ3v) is 4.33. The van der Waals surface area contributed by atoms with Gasteiger partial charge in [0, 0.05) is 22.8 Å². The molecule has 19 heavy (non-hydrogen) atoms. The molecule has 0 radical (unpaired) electrons. The summed E-state index contributed by atoms with van der Waals surface area (Å²) in [6.07, 6.45) is 0. The number of hydrogen-bond acceptors (Lipinski definition) is 4. The molecule has 0 fully saturated rings. The Hall–Kier alpha value is -1.39. The van der Waals surface area contributed by atoms with Crippen molar-refractivity contribution in [2.75, 3.05) is 0 Å². The van der Waals surface area contributed by atoms with Crippen LogP contribution in [0.5, 0.6) is 0 Å². The molecular weight excluding hydrogens is 254 g/mol. The highest BCUT2D eigenvalue weighted by Crippen LogP contribution is 2.29. The monoisotopic (exact) mass is 273 g/mol. The van der Waals surface area contributed by atoms with Crippen molar-refractivity contribution in [3.63, 3.8) is 0 Å². The molecule has 2 rings (SSSR count). The molecule has 2 N–H and O–H groups in total. The van der Waals surface area contributed by atoms with Crippen molar-refractivity contribution in [1.82, 2.24) is 9.97 Å². The standard InChI is InChI=1S/C15H19N3S/c1-9-7-13(8-16)5-6-14(9)19-15-17-11(3)10(2)12(4)18-15/h5-7H,8,16H2,1-4H3. The Morgan fingerprint density at radius 3 is 2.21 bits per heavy atom. The van der Waals surface area contributed by atoms with Crippen LogP contribution in [0.4, 0.5) is 0 Å². The van der Waals surface area contributed by atoms with Crippen LogP contribution in [0, 0.1) is 27.7 Å². The number of aromatic nitrogens is 2. The predicted molar refractivity (Wildman–Crippen MR) is 79.4 cm³/mol. The van der Waals surface area contributed by atoms with Gasteiger partial charge in [-0.25, -0.2) is 9.97 Å². The van der Waals surface area contributed by atoms with Gasteiger partial charge in [0.1, 0.15) is 0 Å². The van der Waals surface area contributed by atoms with Gasteiger partial charge in [-0.2, -0.15) is 0 Å². The first-order valence-corrected chi connectivity index (χ1v) is 7.12. The predicted octanol–water partition coefficient (Wildman–Crippen LogP) is 3.32. The summed E-state index contributed by atoms with van der Waals surface area (Å²) in [5, 5.41) is 0.809. The first kappa shape index (κ1) is 14.0. The average molecular weight is 273 g/mol. The maximum absolute atomic E-state index is 5.65. The highest BCUT2D eigenvalue weighted by molar-refractivity contribution is 7.99. The first-order valence-electron chi connectivity index (χ1n) is 6.30. The zero-order valence-electron chi connectivity index (χ0n) is 11.8. The molecule has 0 aliphatic carbocycles. The van der Waals surface area contributed by atoms with Crippen LogP contribution in [0.15, 0.2) is 28.3 Å². The third-order valence-electron chi connectivity index (χ3n) is 3.29. The van der Waals surface area contributed by atoms with Crippen molar-refractivity contribution in [3.8, 4) is 0 Å². The van der Waals surface area contributed by atoms with Crippen molar-refractivity contribution < 1.29 is 0 Å². The number of rotatable bonds is 3. The molecule has 0 saturated heterocycles. The van der Waals surface area contributed by atoms with E-state index in [1.807, 2.05) is 13.8 Å². The Bertz CT molecular complexity index is 585. The quantitative estimate of drug-likeness (QED) is 0.872. The van der Waals surface area contributed by atoms with Crippen LogP contribution >= 0.6 is 11.8 Å². The van der Waals surface area contributed by atoms with Crippen LogP contribution in [0.25, 0.3) is 0 Å². The lowest BCUT2D eigenvalue weighted by molar-refractivity contribution is 0.880. The minimum absolute atomic E-state index is 0.574. The summed E-state index contributed by atoms with van der Waals surface area (Å²) in [6, 6.07) is 6.27. The fourth-order valence-electron chi connectivity index (χ4n) is 1.84. The van der Waals surface area contributed by atoms with E-state index in [0.29, 0.717) is 6.54 Å². The van der Waals surface area contributed by atoms with E-state index in [9.17, 15) is 0 Å². The van der Waals surface area contributed by atoms with Gasteiger partial charge in [-0.3, -0.25) is 0 Å². The molecule has 1 aromatic heterocycles. The molecule has 1 heterocycles. The van der Waals surface area contributed by atoms with E-state index in [4.69, 9.17) is 5.73 Å². The lowest BCUT2D eigenvalue weighted by Crippen LogP contribution is -1.99. The van der Waals surface area contributed by atoms with Gasteiger partial charge in [0.05, 0.1) is 0 Å². The number of nitrogens with zero attached hydrogens (tertiary/aromatic N) is 2. The third kappa shape index (κ3) is 3.14. The summed E-state index contributed by atoms with van der Waals surface area (Å²) in [4.78, 5) is 10.3. The van der Waals surface area contributed by atoms with Crippen molar-refractivity contribution in [2.45, 2.75) is 44.3 Å². The summed E-state index contributed by atoms with van der Waals surface area (Å²) in [5.41, 5.74) is 11.3. The fraction of sp³-hybridized carbons (Fsp3) is 0.333. The van der Waals surface area contributed by atoms with Gasteiger partial charge >= 0.3 is 0 Å². The summed E-state index contributed by atoms with van der Waals surface area (Å²) < 4.78 is 0. The summed E-state index contributed by atoms with van der Waals surface area (Å²) in [6.45, 7) is 8.78. The van der Waals surface area contributed by atoms with Gasteiger partial charge < -0.3 is 5.73 Å². The van der Waals surface area contributed by atoms with E-state index in [1.165, 1.54) is 16.0 Å². The maximum Gasteiger partial charge on any atom is 0.192 e. The summed E-state index contributed by atoms with van der Waals surface area (Å²) in [5.74, 6) is 0. The molecule has 100 valence electrons. The van der Waals surface area contributed by atoms with Crippen molar-refractivity contribution in [1.29, 1.82) is 0 Å². The molecule has 0 saturated carbocycles. The zero-order chi connectivity index (χ0) is 14.0. The minimum Gasteiger partial charge on any atom is -0.326 e. The molecule has 0 aliphatic heterocycles. The Morgan fingerprint density at radius 1 is 1.05 bits per heavy atom. The van der Waals surface area contributed by atoms with E-state index >= 15 is 0 Å². The first-order chi connectivity index (χ1) is 9.01. The fourth-order valence-corrected chi connectivity index (χ4v) is 2.76.